The number of rotatable bonds is 6. The minimum Gasteiger partial charge on any atom is -0.480 e. The summed E-state index contributed by atoms with van der Waals surface area (Å²) in [5.74, 6) is -0.569. The number of hydrogen-bond donors (Lipinski definition) is 1. The molecule has 0 amide bonds. The van der Waals surface area contributed by atoms with Crippen molar-refractivity contribution in [3.8, 4) is 0 Å². The van der Waals surface area contributed by atoms with Gasteiger partial charge in [-0.2, -0.15) is 4.31 Å². The zero-order valence-corrected chi connectivity index (χ0v) is 18.2. The molecule has 0 spiro atoms. The van der Waals surface area contributed by atoms with E-state index in [-0.39, 0.29) is 6.54 Å². The highest BCUT2D eigenvalue weighted by atomic mass is 32.2. The van der Waals surface area contributed by atoms with Gasteiger partial charge in [0.2, 0.25) is 10.0 Å². The third-order valence-corrected chi connectivity index (χ3v) is 7.80. The molecule has 6 nitrogen and oxygen atoms in total. The second-order valence-electron chi connectivity index (χ2n) is 8.23. The average molecular weight is 427 g/mol. The summed E-state index contributed by atoms with van der Waals surface area (Å²) < 4.78 is 30.2. The molecule has 0 saturated carbocycles. The molecule has 0 aliphatic carbocycles. The van der Waals surface area contributed by atoms with Crippen molar-refractivity contribution in [1.82, 2.24) is 8.87 Å². The molecule has 1 N–H and O–H groups in total. The van der Waals surface area contributed by atoms with Crippen LogP contribution < -0.4 is 0 Å². The van der Waals surface area contributed by atoms with Crippen molar-refractivity contribution in [1.29, 1.82) is 0 Å². The number of sulfonamides is 1. The number of hydrogen-bond acceptors (Lipinski definition) is 3. The average Bonchev–Trinajstić information content (AvgIpc) is 3.08. The van der Waals surface area contributed by atoms with Crippen molar-refractivity contribution in [3.05, 3.63) is 65.4 Å². The Labute approximate surface area is 176 Å². The van der Waals surface area contributed by atoms with Gasteiger partial charge in [-0.3, -0.25) is 4.79 Å². The number of carboxylic acids is 1. The summed E-state index contributed by atoms with van der Waals surface area (Å²) in [6, 6.07) is 14.3. The minimum atomic E-state index is -3.63. The Kier molecular flexibility index (Phi) is 5.20. The first-order chi connectivity index (χ1) is 14.2. The molecule has 4 rings (SSSR count). The van der Waals surface area contributed by atoms with Crippen molar-refractivity contribution in [2.75, 3.05) is 6.54 Å². The number of fused-ring (bicyclic) bond motifs is 2. The van der Waals surface area contributed by atoms with E-state index in [1.54, 1.807) is 21.0 Å². The third-order valence-electron chi connectivity index (χ3n) is 5.86. The Bertz CT molecular complexity index is 1230. The molecule has 30 heavy (non-hydrogen) atoms. The molecule has 2 heterocycles. The van der Waals surface area contributed by atoms with Gasteiger partial charge in [0, 0.05) is 28.7 Å². The SMILES string of the molecule is Cc1c(C2c3ccccc3S(=O)(=O)N2CCC(C)C)c2ccccc2n1CC(=O)O. The van der Waals surface area contributed by atoms with Gasteiger partial charge in [-0.25, -0.2) is 8.42 Å². The van der Waals surface area contributed by atoms with Crippen LogP contribution in [0.2, 0.25) is 0 Å². The highest BCUT2D eigenvalue weighted by Gasteiger charge is 2.44. The van der Waals surface area contributed by atoms with Crippen LogP contribution in [0.25, 0.3) is 10.9 Å². The van der Waals surface area contributed by atoms with Gasteiger partial charge >= 0.3 is 5.97 Å². The number of nitrogens with zero attached hydrogens (tertiary/aromatic N) is 2. The summed E-state index contributed by atoms with van der Waals surface area (Å²) in [5.41, 5.74) is 3.20. The molecule has 0 saturated heterocycles. The van der Waals surface area contributed by atoms with Crippen LogP contribution in [0.3, 0.4) is 0 Å². The fourth-order valence-electron chi connectivity index (χ4n) is 4.44. The molecule has 1 aliphatic heterocycles. The van der Waals surface area contributed by atoms with Gasteiger partial charge in [-0.05, 0) is 37.0 Å². The maximum absolute atomic E-state index is 13.4. The van der Waals surface area contributed by atoms with Crippen molar-refractivity contribution < 1.29 is 18.3 Å². The fourth-order valence-corrected chi connectivity index (χ4v) is 6.26. The third kappa shape index (κ3) is 3.22. The van der Waals surface area contributed by atoms with E-state index < -0.39 is 22.0 Å². The molecule has 1 unspecified atom stereocenters. The van der Waals surface area contributed by atoms with E-state index in [0.29, 0.717) is 17.4 Å². The number of benzene rings is 2. The van der Waals surface area contributed by atoms with E-state index in [2.05, 4.69) is 13.8 Å². The van der Waals surface area contributed by atoms with E-state index in [0.717, 1.165) is 34.1 Å². The van der Waals surface area contributed by atoms with E-state index in [1.807, 2.05) is 43.3 Å². The molecule has 0 radical (unpaired) electrons. The van der Waals surface area contributed by atoms with E-state index in [4.69, 9.17) is 0 Å². The summed E-state index contributed by atoms with van der Waals surface area (Å²) >= 11 is 0. The van der Waals surface area contributed by atoms with Crippen LogP contribution in [0, 0.1) is 12.8 Å². The standard InChI is InChI=1S/C23H26N2O4S/c1-15(2)12-13-25-23(18-9-5-7-11-20(18)30(25,28)29)22-16(3)24(14-21(26)27)19-10-6-4-8-17(19)22/h4-11,15,23H,12-14H2,1-3H3,(H,26,27). The van der Waals surface area contributed by atoms with Gasteiger partial charge in [0.25, 0.3) is 0 Å². The molecular formula is C23H26N2O4S. The Balaban J connectivity index is 1.99. The highest BCUT2D eigenvalue weighted by molar-refractivity contribution is 7.89. The van der Waals surface area contributed by atoms with Gasteiger partial charge in [-0.15, -0.1) is 0 Å². The monoisotopic (exact) mass is 426 g/mol. The minimum absolute atomic E-state index is 0.167. The summed E-state index contributed by atoms with van der Waals surface area (Å²) in [6.45, 7) is 6.28. The first-order valence-corrected chi connectivity index (χ1v) is 11.6. The lowest BCUT2D eigenvalue weighted by Crippen LogP contribution is -2.31. The van der Waals surface area contributed by atoms with Gasteiger partial charge in [0.15, 0.2) is 0 Å². The Morgan fingerprint density at radius 2 is 1.77 bits per heavy atom. The molecule has 7 heteroatoms. The summed E-state index contributed by atoms with van der Waals surface area (Å²) in [5, 5.41) is 10.3. The van der Waals surface area contributed by atoms with E-state index in [9.17, 15) is 18.3 Å². The molecule has 1 aliphatic rings. The van der Waals surface area contributed by atoms with Crippen LogP contribution >= 0.6 is 0 Å². The number of carboxylic acid groups (broad SMARTS) is 1. The Morgan fingerprint density at radius 3 is 2.47 bits per heavy atom. The van der Waals surface area contributed by atoms with E-state index in [1.165, 1.54) is 0 Å². The van der Waals surface area contributed by atoms with Crippen LogP contribution in [0.4, 0.5) is 0 Å². The molecule has 1 aromatic heterocycles. The van der Waals surface area contributed by atoms with Crippen molar-refractivity contribution in [2.24, 2.45) is 5.92 Å². The number of aromatic nitrogens is 1. The zero-order valence-electron chi connectivity index (χ0n) is 17.4. The predicted molar refractivity (Wildman–Crippen MR) is 116 cm³/mol. The van der Waals surface area contributed by atoms with Gasteiger partial charge < -0.3 is 9.67 Å². The Hall–Kier alpha value is -2.64. The van der Waals surface area contributed by atoms with Gasteiger partial charge in [0.1, 0.15) is 6.54 Å². The maximum Gasteiger partial charge on any atom is 0.323 e. The lowest BCUT2D eigenvalue weighted by atomic mass is 9.95. The highest BCUT2D eigenvalue weighted by Crippen LogP contribution is 2.47. The second-order valence-corrected chi connectivity index (χ2v) is 10.1. The van der Waals surface area contributed by atoms with Crippen LogP contribution in [0.15, 0.2) is 53.4 Å². The molecule has 0 bridgehead atoms. The lowest BCUT2D eigenvalue weighted by molar-refractivity contribution is -0.137. The molecular weight excluding hydrogens is 400 g/mol. The fraction of sp³-hybridized carbons (Fsp3) is 0.348. The maximum atomic E-state index is 13.4. The van der Waals surface area contributed by atoms with Crippen LogP contribution in [0.1, 0.15) is 43.1 Å². The van der Waals surface area contributed by atoms with Crippen molar-refractivity contribution in [3.63, 3.8) is 0 Å². The summed E-state index contributed by atoms with van der Waals surface area (Å²) in [6.07, 6.45) is 0.747. The molecule has 2 aromatic carbocycles. The van der Waals surface area contributed by atoms with Gasteiger partial charge in [-0.1, -0.05) is 50.2 Å². The van der Waals surface area contributed by atoms with Crippen LogP contribution in [-0.2, 0) is 21.4 Å². The molecule has 1 atom stereocenters. The smallest absolute Gasteiger partial charge is 0.323 e. The van der Waals surface area contributed by atoms with Crippen LogP contribution in [-0.4, -0.2) is 34.9 Å². The summed E-state index contributed by atoms with van der Waals surface area (Å²) in [4.78, 5) is 11.9. The van der Waals surface area contributed by atoms with E-state index >= 15 is 0 Å². The number of aliphatic carboxylic acids is 1. The molecule has 0 fully saturated rings. The zero-order chi connectivity index (χ0) is 21.6. The number of para-hydroxylation sites is 1. The van der Waals surface area contributed by atoms with Crippen LogP contribution in [0.5, 0.6) is 0 Å². The lowest BCUT2D eigenvalue weighted by Gasteiger charge is -2.25. The second kappa shape index (κ2) is 7.56. The normalized spacial score (nSPS) is 18.2. The molecule has 3 aromatic rings. The predicted octanol–water partition coefficient (Wildman–Crippen LogP) is 4.17. The largest absolute Gasteiger partial charge is 0.480 e. The first-order valence-electron chi connectivity index (χ1n) is 10.1. The van der Waals surface area contributed by atoms with Crippen molar-refractivity contribution >= 4 is 26.9 Å². The first kappa shape index (κ1) is 20.6. The van der Waals surface area contributed by atoms with Crippen molar-refractivity contribution in [2.45, 2.75) is 44.7 Å². The van der Waals surface area contributed by atoms with Gasteiger partial charge in [0.05, 0.1) is 10.9 Å². The quantitative estimate of drug-likeness (QED) is 0.641. The number of carbonyl (C=O) groups is 1. The molecule has 158 valence electrons. The Morgan fingerprint density at radius 1 is 1.10 bits per heavy atom. The summed E-state index contributed by atoms with van der Waals surface area (Å²) in [7, 11) is -3.63. The topological polar surface area (TPSA) is 79.6 Å².